The van der Waals surface area contributed by atoms with Crippen LogP contribution in [0.5, 0.6) is 0 Å². The van der Waals surface area contributed by atoms with Gasteiger partial charge in [-0.25, -0.2) is 0 Å². The van der Waals surface area contributed by atoms with Crippen molar-refractivity contribution in [2.75, 3.05) is 13.2 Å². The molecular weight excluding hydrogens is 290 g/mol. The number of rotatable bonds is 7. The van der Waals surface area contributed by atoms with Crippen molar-refractivity contribution in [1.29, 1.82) is 0 Å². The van der Waals surface area contributed by atoms with E-state index in [9.17, 15) is 9.59 Å². The fourth-order valence-electron chi connectivity index (χ4n) is 2.15. The highest BCUT2D eigenvalue weighted by Crippen LogP contribution is 2.32. The average Bonchev–Trinajstić information content (AvgIpc) is 3.29. The number of benzene rings is 1. The van der Waals surface area contributed by atoms with Gasteiger partial charge < -0.3 is 9.64 Å². The number of halogens is 1. The molecule has 1 saturated carbocycles. The minimum absolute atomic E-state index is 0.110. The molecule has 1 aliphatic rings. The topological polar surface area (TPSA) is 46.6 Å². The Kier molecular flexibility index (Phi) is 5.62. The summed E-state index contributed by atoms with van der Waals surface area (Å²) in [6.07, 6.45) is 2.10. The largest absolute Gasteiger partial charge is 0.466 e. The summed E-state index contributed by atoms with van der Waals surface area (Å²) in [5, 5.41) is 0.641. The molecule has 1 fully saturated rings. The van der Waals surface area contributed by atoms with E-state index in [0.717, 1.165) is 18.4 Å². The highest BCUT2D eigenvalue weighted by atomic mass is 35.5. The molecule has 4 nitrogen and oxygen atoms in total. The van der Waals surface area contributed by atoms with Gasteiger partial charge in [-0.15, -0.1) is 0 Å². The predicted octanol–water partition coefficient (Wildman–Crippen LogP) is 3.03. The summed E-state index contributed by atoms with van der Waals surface area (Å²) in [7, 11) is 0. The lowest BCUT2D eigenvalue weighted by atomic mass is 10.2. The van der Waals surface area contributed by atoms with Crippen molar-refractivity contribution in [1.82, 2.24) is 4.90 Å². The Morgan fingerprint density at radius 3 is 2.67 bits per heavy atom. The van der Waals surface area contributed by atoms with E-state index in [1.165, 1.54) is 0 Å². The lowest BCUT2D eigenvalue weighted by Gasteiger charge is -2.23. The molecule has 21 heavy (non-hydrogen) atoms. The maximum Gasteiger partial charge on any atom is 0.307 e. The van der Waals surface area contributed by atoms with Crippen LogP contribution in [0.2, 0.25) is 5.02 Å². The number of carbonyl (C=O) groups is 2. The van der Waals surface area contributed by atoms with Gasteiger partial charge in [0.25, 0.3) is 0 Å². The zero-order chi connectivity index (χ0) is 15.2. The van der Waals surface area contributed by atoms with Gasteiger partial charge in [-0.2, -0.15) is 0 Å². The summed E-state index contributed by atoms with van der Waals surface area (Å²) >= 11 is 6.15. The molecule has 1 amide bonds. The van der Waals surface area contributed by atoms with E-state index in [2.05, 4.69) is 0 Å². The molecule has 114 valence electrons. The second kappa shape index (κ2) is 7.46. The maximum atomic E-state index is 12.3. The van der Waals surface area contributed by atoms with Crippen molar-refractivity contribution in [2.45, 2.75) is 32.7 Å². The Balaban J connectivity index is 2.00. The maximum absolute atomic E-state index is 12.3. The zero-order valence-electron chi connectivity index (χ0n) is 12.2. The molecule has 0 spiro atoms. The first kappa shape index (κ1) is 15.8. The van der Waals surface area contributed by atoms with E-state index < -0.39 is 0 Å². The quantitative estimate of drug-likeness (QED) is 0.727. The summed E-state index contributed by atoms with van der Waals surface area (Å²) in [5.41, 5.74) is 0.900. The molecular formula is C16H20ClNO3. The standard InChI is InChI=1S/C16H20ClNO3/c1-2-21-15(19)9-10-18(16(20)12-7-8-12)11-13-5-3-4-6-14(13)17/h3-6,12H,2,7-11H2,1H3. The lowest BCUT2D eigenvalue weighted by molar-refractivity contribution is -0.144. The number of amides is 1. The number of nitrogens with zero attached hydrogens (tertiary/aromatic N) is 1. The van der Waals surface area contributed by atoms with Crippen molar-refractivity contribution >= 4 is 23.5 Å². The van der Waals surface area contributed by atoms with Crippen LogP contribution in [-0.2, 0) is 20.9 Å². The Labute approximate surface area is 130 Å². The van der Waals surface area contributed by atoms with Crippen LogP contribution in [0.4, 0.5) is 0 Å². The first-order chi connectivity index (χ1) is 10.1. The third-order valence-electron chi connectivity index (χ3n) is 3.45. The number of ether oxygens (including phenoxy) is 1. The molecule has 1 aliphatic carbocycles. The van der Waals surface area contributed by atoms with Gasteiger partial charge in [0.1, 0.15) is 0 Å². The third-order valence-corrected chi connectivity index (χ3v) is 3.82. The SMILES string of the molecule is CCOC(=O)CCN(Cc1ccccc1Cl)C(=O)C1CC1. The van der Waals surface area contributed by atoms with Crippen molar-refractivity contribution in [3.8, 4) is 0 Å². The third kappa shape index (κ3) is 4.74. The Hall–Kier alpha value is -1.55. The van der Waals surface area contributed by atoms with Gasteiger partial charge in [0, 0.05) is 24.0 Å². The number of carbonyl (C=O) groups excluding carboxylic acids is 2. The molecule has 1 aromatic rings. The first-order valence-corrected chi connectivity index (χ1v) is 7.67. The molecule has 0 aliphatic heterocycles. The van der Waals surface area contributed by atoms with Crippen molar-refractivity contribution in [3.05, 3.63) is 34.9 Å². The van der Waals surface area contributed by atoms with Gasteiger partial charge in [-0.1, -0.05) is 29.8 Å². The van der Waals surface area contributed by atoms with E-state index in [1.807, 2.05) is 24.3 Å². The lowest BCUT2D eigenvalue weighted by Crippen LogP contribution is -2.34. The number of esters is 1. The minimum atomic E-state index is -0.273. The molecule has 5 heteroatoms. The fraction of sp³-hybridized carbons (Fsp3) is 0.500. The second-order valence-corrected chi connectivity index (χ2v) is 5.59. The van der Waals surface area contributed by atoms with Crippen LogP contribution in [-0.4, -0.2) is 29.9 Å². The van der Waals surface area contributed by atoms with Gasteiger partial charge in [0.05, 0.1) is 13.0 Å². The van der Waals surface area contributed by atoms with E-state index >= 15 is 0 Å². The van der Waals surface area contributed by atoms with E-state index in [0.29, 0.717) is 24.7 Å². The van der Waals surface area contributed by atoms with Crippen LogP contribution >= 0.6 is 11.6 Å². The Bertz CT molecular complexity index is 514. The molecule has 0 N–H and O–H groups in total. The van der Waals surface area contributed by atoms with Crippen molar-refractivity contribution < 1.29 is 14.3 Å². The predicted molar refractivity (Wildman–Crippen MR) is 80.8 cm³/mol. The monoisotopic (exact) mass is 309 g/mol. The van der Waals surface area contributed by atoms with E-state index in [4.69, 9.17) is 16.3 Å². The Morgan fingerprint density at radius 2 is 2.05 bits per heavy atom. The van der Waals surface area contributed by atoms with Gasteiger partial charge in [0.15, 0.2) is 0 Å². The molecule has 0 aromatic heterocycles. The van der Waals surface area contributed by atoms with Crippen molar-refractivity contribution in [3.63, 3.8) is 0 Å². The number of hydrogen-bond acceptors (Lipinski definition) is 3. The molecule has 2 rings (SSSR count). The summed E-state index contributed by atoms with van der Waals surface area (Å²) in [5.74, 6) is -0.0424. The van der Waals surface area contributed by atoms with Crippen LogP contribution in [0.3, 0.4) is 0 Å². The molecule has 0 atom stereocenters. The summed E-state index contributed by atoms with van der Waals surface area (Å²) in [6, 6.07) is 7.46. The molecule has 0 radical (unpaired) electrons. The van der Waals surface area contributed by atoms with Crippen molar-refractivity contribution in [2.24, 2.45) is 5.92 Å². The van der Waals surface area contributed by atoms with Gasteiger partial charge in [0.2, 0.25) is 5.91 Å². The van der Waals surface area contributed by atoms with Crippen LogP contribution < -0.4 is 0 Å². The minimum Gasteiger partial charge on any atom is -0.466 e. The second-order valence-electron chi connectivity index (χ2n) is 5.18. The van der Waals surface area contributed by atoms with Gasteiger partial charge >= 0.3 is 5.97 Å². The summed E-state index contributed by atoms with van der Waals surface area (Å²) in [6.45, 7) is 2.95. The molecule has 0 bridgehead atoms. The van der Waals surface area contributed by atoms with E-state index in [1.54, 1.807) is 11.8 Å². The highest BCUT2D eigenvalue weighted by molar-refractivity contribution is 6.31. The summed E-state index contributed by atoms with van der Waals surface area (Å²) < 4.78 is 4.92. The van der Waals surface area contributed by atoms with Crippen LogP contribution in [0, 0.1) is 5.92 Å². The normalized spacial score (nSPS) is 13.8. The molecule has 0 unspecified atom stereocenters. The van der Waals surface area contributed by atoms with Gasteiger partial charge in [-0.3, -0.25) is 9.59 Å². The highest BCUT2D eigenvalue weighted by Gasteiger charge is 2.33. The van der Waals surface area contributed by atoms with Crippen LogP contribution in [0.1, 0.15) is 31.7 Å². The average molecular weight is 310 g/mol. The summed E-state index contributed by atoms with van der Waals surface area (Å²) in [4.78, 5) is 25.5. The number of hydrogen-bond donors (Lipinski definition) is 0. The first-order valence-electron chi connectivity index (χ1n) is 7.29. The smallest absolute Gasteiger partial charge is 0.307 e. The molecule has 1 aromatic carbocycles. The fourth-order valence-corrected chi connectivity index (χ4v) is 2.34. The zero-order valence-corrected chi connectivity index (χ0v) is 12.9. The molecule has 0 heterocycles. The van der Waals surface area contributed by atoms with E-state index in [-0.39, 0.29) is 24.2 Å². The van der Waals surface area contributed by atoms with Gasteiger partial charge in [-0.05, 0) is 31.4 Å². The molecule has 0 saturated heterocycles. The van der Waals surface area contributed by atoms with Crippen LogP contribution in [0.15, 0.2) is 24.3 Å². The van der Waals surface area contributed by atoms with Crippen LogP contribution in [0.25, 0.3) is 0 Å². The Morgan fingerprint density at radius 1 is 1.33 bits per heavy atom.